The normalized spacial score (nSPS) is 22.8. The number of hydrogen-bond acceptors (Lipinski definition) is 4. The number of carboxylic acids is 1. The number of alkyl halides is 3. The van der Waals surface area contributed by atoms with Gasteiger partial charge in [-0.15, -0.1) is 0 Å². The molecule has 0 bridgehead atoms. The van der Waals surface area contributed by atoms with Gasteiger partial charge in [0.1, 0.15) is 5.54 Å². The molecule has 2 unspecified atom stereocenters. The minimum Gasteiger partial charge on any atom is -0.480 e. The predicted octanol–water partition coefficient (Wildman–Crippen LogP) is 1.01. The van der Waals surface area contributed by atoms with Crippen molar-refractivity contribution < 1.29 is 23.1 Å². The molecule has 0 aliphatic carbocycles. The molecule has 0 aromatic heterocycles. The highest BCUT2D eigenvalue weighted by atomic mass is 19.4. The Bertz CT molecular complexity index is 357. The van der Waals surface area contributed by atoms with Crippen LogP contribution >= 0.6 is 0 Å². The van der Waals surface area contributed by atoms with Crippen molar-refractivity contribution in [1.29, 1.82) is 0 Å². The number of carbonyl (C=O) groups is 1. The zero-order valence-corrected chi connectivity index (χ0v) is 12.7. The van der Waals surface area contributed by atoms with Gasteiger partial charge in [-0.1, -0.05) is 0 Å². The summed E-state index contributed by atoms with van der Waals surface area (Å²) in [5.41, 5.74) is -1.03. The summed E-state index contributed by atoms with van der Waals surface area (Å²) in [7, 11) is 1.60. The van der Waals surface area contributed by atoms with Gasteiger partial charge in [-0.05, 0) is 27.3 Å². The van der Waals surface area contributed by atoms with Gasteiger partial charge in [0, 0.05) is 32.2 Å². The number of nitrogens with zero attached hydrogens (tertiary/aromatic N) is 2. The van der Waals surface area contributed by atoms with Crippen LogP contribution < -0.4 is 5.32 Å². The van der Waals surface area contributed by atoms with Crippen molar-refractivity contribution in [3.8, 4) is 0 Å². The maximum Gasteiger partial charge on any atom is 0.401 e. The fourth-order valence-electron chi connectivity index (χ4n) is 2.63. The molecule has 0 amide bonds. The van der Waals surface area contributed by atoms with E-state index in [0.29, 0.717) is 32.6 Å². The van der Waals surface area contributed by atoms with E-state index in [4.69, 9.17) is 0 Å². The topological polar surface area (TPSA) is 55.8 Å². The van der Waals surface area contributed by atoms with Crippen molar-refractivity contribution in [2.75, 3.05) is 39.8 Å². The summed E-state index contributed by atoms with van der Waals surface area (Å²) in [5.74, 6) is -0.924. The summed E-state index contributed by atoms with van der Waals surface area (Å²) >= 11 is 0. The number of rotatable bonds is 6. The largest absolute Gasteiger partial charge is 0.480 e. The first-order valence-electron chi connectivity index (χ1n) is 7.03. The van der Waals surface area contributed by atoms with Crippen LogP contribution in [0.25, 0.3) is 0 Å². The Kier molecular flexibility index (Phi) is 6.01. The second-order valence-electron chi connectivity index (χ2n) is 5.87. The van der Waals surface area contributed by atoms with E-state index >= 15 is 0 Å². The maximum absolute atomic E-state index is 12.3. The van der Waals surface area contributed by atoms with Gasteiger partial charge in [0.15, 0.2) is 0 Å². The lowest BCUT2D eigenvalue weighted by atomic mass is 9.93. The molecule has 0 spiro atoms. The van der Waals surface area contributed by atoms with Crippen LogP contribution in [0.4, 0.5) is 13.2 Å². The van der Waals surface area contributed by atoms with E-state index in [1.165, 1.54) is 4.90 Å². The molecule has 1 rings (SSSR count). The van der Waals surface area contributed by atoms with Crippen LogP contribution in [0.15, 0.2) is 0 Å². The standard InChI is InChI=1S/C13H24F3N3O2/c1-10(8-12(2,17-3)11(20)21)19-6-4-18(5-7-19)9-13(14,15)16/h10,17H,4-9H2,1-3H3,(H,20,21). The molecule has 2 N–H and O–H groups in total. The Labute approximate surface area is 123 Å². The number of nitrogens with one attached hydrogen (secondary N) is 1. The Balaban J connectivity index is 2.48. The first-order valence-corrected chi connectivity index (χ1v) is 7.03. The molecule has 0 radical (unpaired) electrons. The van der Waals surface area contributed by atoms with Crippen LogP contribution in [0.1, 0.15) is 20.3 Å². The Hall–Kier alpha value is -0.860. The number of likely N-dealkylation sites (N-methyl/N-ethyl adjacent to an activating group) is 1. The molecular formula is C13H24F3N3O2. The third-order valence-electron chi connectivity index (χ3n) is 4.16. The summed E-state index contributed by atoms with van der Waals surface area (Å²) in [4.78, 5) is 14.7. The fourth-order valence-corrected chi connectivity index (χ4v) is 2.63. The van der Waals surface area contributed by atoms with Gasteiger partial charge in [0.2, 0.25) is 0 Å². The molecule has 1 aliphatic heterocycles. The molecule has 8 heteroatoms. The molecule has 0 saturated carbocycles. The molecule has 1 fully saturated rings. The summed E-state index contributed by atoms with van der Waals surface area (Å²) in [6.45, 7) is 4.41. The van der Waals surface area contributed by atoms with Crippen LogP contribution in [0, 0.1) is 0 Å². The fraction of sp³-hybridized carbons (Fsp3) is 0.923. The van der Waals surface area contributed by atoms with E-state index in [2.05, 4.69) is 5.32 Å². The van der Waals surface area contributed by atoms with Gasteiger partial charge in [-0.3, -0.25) is 14.6 Å². The second-order valence-corrected chi connectivity index (χ2v) is 5.87. The first kappa shape index (κ1) is 18.2. The second kappa shape index (κ2) is 6.93. The van der Waals surface area contributed by atoms with Gasteiger partial charge < -0.3 is 10.4 Å². The van der Waals surface area contributed by atoms with Gasteiger partial charge in [0.05, 0.1) is 6.54 Å². The van der Waals surface area contributed by atoms with Crippen molar-refractivity contribution in [3.63, 3.8) is 0 Å². The summed E-state index contributed by atoms with van der Waals surface area (Å²) in [5, 5.41) is 12.0. The average Bonchev–Trinajstić information content (AvgIpc) is 2.37. The van der Waals surface area contributed by atoms with E-state index in [-0.39, 0.29) is 6.04 Å². The molecule has 1 aliphatic rings. The van der Waals surface area contributed by atoms with Crippen molar-refractivity contribution >= 4 is 5.97 Å². The number of halogens is 3. The number of carboxylic acid groups (broad SMARTS) is 1. The van der Waals surface area contributed by atoms with E-state index in [9.17, 15) is 23.1 Å². The van der Waals surface area contributed by atoms with Crippen LogP contribution in [0.3, 0.4) is 0 Å². The molecule has 0 aromatic carbocycles. The summed E-state index contributed by atoms with van der Waals surface area (Å²) < 4.78 is 37.0. The minimum absolute atomic E-state index is 0.00779. The third-order valence-corrected chi connectivity index (χ3v) is 4.16. The summed E-state index contributed by atoms with van der Waals surface area (Å²) in [6, 6.07) is -0.00779. The molecule has 1 saturated heterocycles. The number of aliphatic carboxylic acids is 1. The first-order chi connectivity index (χ1) is 9.57. The Morgan fingerprint density at radius 2 is 1.81 bits per heavy atom. The van der Waals surface area contributed by atoms with Crippen LogP contribution in [0.5, 0.6) is 0 Å². The zero-order chi connectivity index (χ0) is 16.3. The highest BCUT2D eigenvalue weighted by molar-refractivity contribution is 5.78. The van der Waals surface area contributed by atoms with Crippen molar-refractivity contribution in [1.82, 2.24) is 15.1 Å². The summed E-state index contributed by atoms with van der Waals surface area (Å²) in [6.07, 6.45) is -3.76. The molecular weight excluding hydrogens is 287 g/mol. The van der Waals surface area contributed by atoms with Crippen molar-refractivity contribution in [2.45, 2.75) is 38.0 Å². The van der Waals surface area contributed by atoms with E-state index in [1.54, 1.807) is 14.0 Å². The zero-order valence-electron chi connectivity index (χ0n) is 12.7. The van der Waals surface area contributed by atoms with Crippen molar-refractivity contribution in [2.24, 2.45) is 0 Å². The van der Waals surface area contributed by atoms with E-state index in [0.717, 1.165) is 0 Å². The monoisotopic (exact) mass is 311 g/mol. The van der Waals surface area contributed by atoms with Gasteiger partial charge in [-0.2, -0.15) is 13.2 Å². The highest BCUT2D eigenvalue weighted by Crippen LogP contribution is 2.20. The molecule has 1 heterocycles. The number of piperazine rings is 1. The van der Waals surface area contributed by atoms with Crippen LogP contribution in [0.2, 0.25) is 0 Å². The SMILES string of the molecule is CNC(C)(CC(C)N1CCN(CC(F)(F)F)CC1)C(=O)O. The Morgan fingerprint density at radius 1 is 1.29 bits per heavy atom. The predicted molar refractivity (Wildman–Crippen MR) is 73.2 cm³/mol. The van der Waals surface area contributed by atoms with E-state index < -0.39 is 24.2 Å². The lowest BCUT2D eigenvalue weighted by Gasteiger charge is -2.40. The van der Waals surface area contributed by atoms with Gasteiger partial charge in [-0.25, -0.2) is 0 Å². The molecule has 0 aromatic rings. The third kappa shape index (κ3) is 5.44. The highest BCUT2D eigenvalue weighted by Gasteiger charge is 2.36. The molecule has 21 heavy (non-hydrogen) atoms. The lowest BCUT2D eigenvalue weighted by molar-refractivity contribution is -0.151. The Morgan fingerprint density at radius 3 is 2.19 bits per heavy atom. The number of hydrogen-bond donors (Lipinski definition) is 2. The van der Waals surface area contributed by atoms with Crippen LogP contribution in [-0.4, -0.2) is 78.4 Å². The van der Waals surface area contributed by atoms with Crippen LogP contribution in [-0.2, 0) is 4.79 Å². The lowest BCUT2D eigenvalue weighted by Crippen LogP contribution is -2.56. The molecule has 2 atom stereocenters. The van der Waals surface area contributed by atoms with Gasteiger partial charge in [0.25, 0.3) is 0 Å². The van der Waals surface area contributed by atoms with Crippen molar-refractivity contribution in [3.05, 3.63) is 0 Å². The van der Waals surface area contributed by atoms with Gasteiger partial charge >= 0.3 is 12.1 Å². The smallest absolute Gasteiger partial charge is 0.401 e. The van der Waals surface area contributed by atoms with E-state index in [1.807, 2.05) is 11.8 Å². The minimum atomic E-state index is -4.16. The quantitative estimate of drug-likeness (QED) is 0.767. The average molecular weight is 311 g/mol. The molecule has 124 valence electrons. The maximum atomic E-state index is 12.3. The molecule has 5 nitrogen and oxygen atoms in total.